The van der Waals surface area contributed by atoms with Crippen LogP contribution in [0.2, 0.25) is 0 Å². The van der Waals surface area contributed by atoms with Gasteiger partial charge in [-0.15, -0.1) is 0 Å². The molecule has 0 saturated carbocycles. The molecule has 2 rings (SSSR count). The third kappa shape index (κ3) is 3.07. The summed E-state index contributed by atoms with van der Waals surface area (Å²) >= 11 is 0. The normalized spacial score (nSPS) is 10.7. The van der Waals surface area contributed by atoms with Crippen molar-refractivity contribution in [3.05, 3.63) is 48.0 Å². The Labute approximate surface area is 122 Å². The number of nitrogens with one attached hydrogen (secondary N) is 1. The van der Waals surface area contributed by atoms with Gasteiger partial charge in [-0.2, -0.15) is 5.26 Å². The van der Waals surface area contributed by atoms with Crippen LogP contribution in [0.15, 0.2) is 47.4 Å². The number of hydrogen-bond donors (Lipinski definition) is 2. The number of rotatable bonds is 4. The first-order valence-corrected chi connectivity index (χ1v) is 7.41. The molecule has 0 unspecified atom stereocenters. The van der Waals surface area contributed by atoms with Crippen LogP contribution in [-0.4, -0.2) is 15.5 Å². The first-order valence-electron chi connectivity index (χ1n) is 5.93. The number of nitrogens with two attached hydrogens (primary N) is 1. The average molecular weight is 303 g/mol. The van der Waals surface area contributed by atoms with Crippen LogP contribution < -0.4 is 15.2 Å². The lowest BCUT2D eigenvalue weighted by atomic mass is 10.2. The summed E-state index contributed by atoms with van der Waals surface area (Å²) in [5.41, 5.74) is 6.16. The van der Waals surface area contributed by atoms with Crippen LogP contribution in [0, 0.1) is 11.3 Å². The smallest absolute Gasteiger partial charge is 0.263 e. The van der Waals surface area contributed by atoms with Gasteiger partial charge >= 0.3 is 0 Å². The number of para-hydroxylation sites is 2. The monoisotopic (exact) mass is 303 g/mol. The van der Waals surface area contributed by atoms with Crippen LogP contribution in [0.5, 0.6) is 5.75 Å². The maximum Gasteiger partial charge on any atom is 0.263 e. The van der Waals surface area contributed by atoms with E-state index in [1.807, 2.05) is 6.07 Å². The van der Waals surface area contributed by atoms with Crippen molar-refractivity contribution < 1.29 is 13.2 Å². The molecule has 7 heteroatoms. The standard InChI is InChI=1S/C14H13N3O3S/c1-20-13-5-3-2-4-12(13)17-21(18,19)14-7-6-11(16)8-10(14)9-15/h2-8,17H,16H2,1H3. The zero-order valence-corrected chi connectivity index (χ0v) is 12.0. The van der Waals surface area contributed by atoms with Gasteiger partial charge in [-0.05, 0) is 30.3 Å². The van der Waals surface area contributed by atoms with Crippen LogP contribution in [-0.2, 0) is 10.0 Å². The van der Waals surface area contributed by atoms with Crippen molar-refractivity contribution in [3.63, 3.8) is 0 Å². The molecule has 108 valence electrons. The van der Waals surface area contributed by atoms with E-state index in [1.54, 1.807) is 24.3 Å². The number of nitrogen functional groups attached to an aromatic ring is 1. The second kappa shape index (κ2) is 5.73. The molecule has 0 aliphatic rings. The van der Waals surface area contributed by atoms with Gasteiger partial charge < -0.3 is 10.5 Å². The van der Waals surface area contributed by atoms with Gasteiger partial charge in [0.25, 0.3) is 10.0 Å². The van der Waals surface area contributed by atoms with E-state index in [9.17, 15) is 8.42 Å². The van der Waals surface area contributed by atoms with Crippen molar-refractivity contribution in [2.45, 2.75) is 4.90 Å². The Kier molecular flexibility index (Phi) is 4.00. The lowest BCUT2D eigenvalue weighted by Crippen LogP contribution is -2.15. The largest absolute Gasteiger partial charge is 0.495 e. The molecule has 21 heavy (non-hydrogen) atoms. The van der Waals surface area contributed by atoms with E-state index in [2.05, 4.69) is 4.72 Å². The summed E-state index contributed by atoms with van der Waals surface area (Å²) in [5.74, 6) is 0.384. The van der Waals surface area contributed by atoms with Crippen molar-refractivity contribution in [1.29, 1.82) is 5.26 Å². The topological polar surface area (TPSA) is 105 Å². The predicted octanol–water partition coefficient (Wildman–Crippen LogP) is 1.95. The number of sulfonamides is 1. The number of benzene rings is 2. The molecular formula is C14H13N3O3S. The Balaban J connectivity index is 2.47. The van der Waals surface area contributed by atoms with Gasteiger partial charge in [0.15, 0.2) is 0 Å². The molecule has 0 fully saturated rings. The van der Waals surface area contributed by atoms with Gasteiger partial charge in [0, 0.05) is 5.69 Å². The maximum absolute atomic E-state index is 12.4. The summed E-state index contributed by atoms with van der Waals surface area (Å²) in [6, 6.07) is 12.5. The molecule has 0 bridgehead atoms. The van der Waals surface area contributed by atoms with Crippen LogP contribution in [0.1, 0.15) is 5.56 Å². The van der Waals surface area contributed by atoms with Gasteiger partial charge in [-0.1, -0.05) is 12.1 Å². The number of anilines is 2. The van der Waals surface area contributed by atoms with Gasteiger partial charge in [0.05, 0.1) is 18.4 Å². The average Bonchev–Trinajstić information content (AvgIpc) is 2.47. The molecule has 3 N–H and O–H groups in total. The molecule has 0 saturated heterocycles. The first kappa shape index (κ1) is 14.7. The summed E-state index contributed by atoms with van der Waals surface area (Å²) in [7, 11) is -2.47. The summed E-state index contributed by atoms with van der Waals surface area (Å²) in [4.78, 5) is -0.134. The van der Waals surface area contributed by atoms with Crippen molar-refractivity contribution in [2.24, 2.45) is 0 Å². The van der Waals surface area contributed by atoms with Gasteiger partial charge in [-0.3, -0.25) is 4.72 Å². The lowest BCUT2D eigenvalue weighted by Gasteiger charge is -2.12. The minimum absolute atomic E-state index is 0.0163. The quantitative estimate of drug-likeness (QED) is 0.840. The summed E-state index contributed by atoms with van der Waals surface area (Å²) in [6.45, 7) is 0. The number of nitrogens with zero attached hydrogens (tertiary/aromatic N) is 1. The highest BCUT2D eigenvalue weighted by Gasteiger charge is 2.20. The molecule has 0 atom stereocenters. The Bertz CT molecular complexity index is 810. The lowest BCUT2D eigenvalue weighted by molar-refractivity contribution is 0.417. The fraction of sp³-hybridized carbons (Fsp3) is 0.0714. The molecule has 0 aromatic heterocycles. The molecular weight excluding hydrogens is 290 g/mol. The van der Waals surface area contributed by atoms with Crippen LogP contribution in [0.3, 0.4) is 0 Å². The highest BCUT2D eigenvalue weighted by Crippen LogP contribution is 2.27. The Morgan fingerprint density at radius 1 is 1.24 bits per heavy atom. The van der Waals surface area contributed by atoms with Crippen LogP contribution in [0.25, 0.3) is 0 Å². The van der Waals surface area contributed by atoms with E-state index in [0.29, 0.717) is 17.1 Å². The van der Waals surface area contributed by atoms with E-state index >= 15 is 0 Å². The van der Waals surface area contributed by atoms with E-state index in [0.717, 1.165) is 0 Å². The highest BCUT2D eigenvalue weighted by molar-refractivity contribution is 7.92. The Morgan fingerprint density at radius 3 is 2.62 bits per heavy atom. The Morgan fingerprint density at radius 2 is 1.95 bits per heavy atom. The van der Waals surface area contributed by atoms with Crippen molar-refractivity contribution in [1.82, 2.24) is 0 Å². The van der Waals surface area contributed by atoms with Crippen LogP contribution in [0.4, 0.5) is 11.4 Å². The zero-order valence-electron chi connectivity index (χ0n) is 11.2. The fourth-order valence-electron chi connectivity index (χ4n) is 1.80. The molecule has 6 nitrogen and oxygen atoms in total. The molecule has 0 aliphatic carbocycles. The summed E-state index contributed by atoms with van der Waals surface area (Å²) in [5, 5.41) is 9.05. The fourth-order valence-corrected chi connectivity index (χ4v) is 3.01. The molecule has 0 amide bonds. The second-order valence-corrected chi connectivity index (χ2v) is 5.82. The number of methoxy groups -OCH3 is 1. The van der Waals surface area contributed by atoms with Gasteiger partial charge in [0.2, 0.25) is 0 Å². The van der Waals surface area contributed by atoms with E-state index < -0.39 is 10.0 Å². The van der Waals surface area contributed by atoms with Crippen molar-refractivity contribution in [2.75, 3.05) is 17.6 Å². The predicted molar refractivity (Wildman–Crippen MR) is 79.4 cm³/mol. The molecule has 0 spiro atoms. The van der Waals surface area contributed by atoms with Crippen molar-refractivity contribution >= 4 is 21.4 Å². The van der Waals surface area contributed by atoms with Gasteiger partial charge in [0.1, 0.15) is 16.7 Å². The summed E-state index contributed by atoms with van der Waals surface area (Å²) in [6.07, 6.45) is 0. The maximum atomic E-state index is 12.4. The molecule has 0 heterocycles. The minimum Gasteiger partial charge on any atom is -0.495 e. The van der Waals surface area contributed by atoms with E-state index in [1.165, 1.54) is 25.3 Å². The number of hydrogen-bond acceptors (Lipinski definition) is 5. The molecule has 0 radical (unpaired) electrons. The van der Waals surface area contributed by atoms with Crippen molar-refractivity contribution in [3.8, 4) is 11.8 Å². The Hall–Kier alpha value is -2.72. The second-order valence-electron chi connectivity index (χ2n) is 4.17. The van der Waals surface area contributed by atoms with Crippen LogP contribution >= 0.6 is 0 Å². The molecule has 2 aromatic carbocycles. The van der Waals surface area contributed by atoms with Gasteiger partial charge in [-0.25, -0.2) is 8.42 Å². The van der Waals surface area contributed by atoms with E-state index in [-0.39, 0.29) is 10.5 Å². The van der Waals surface area contributed by atoms with E-state index in [4.69, 9.17) is 15.7 Å². The number of nitriles is 1. The third-order valence-corrected chi connectivity index (χ3v) is 4.19. The molecule has 2 aromatic rings. The minimum atomic E-state index is -3.91. The molecule has 0 aliphatic heterocycles. The SMILES string of the molecule is COc1ccccc1NS(=O)(=O)c1ccc(N)cc1C#N. The number of ether oxygens (including phenoxy) is 1. The zero-order chi connectivity index (χ0) is 15.5. The first-order chi connectivity index (χ1) is 9.97. The summed E-state index contributed by atoms with van der Waals surface area (Å²) < 4.78 is 32.3. The third-order valence-electron chi connectivity index (χ3n) is 2.76. The highest BCUT2D eigenvalue weighted by atomic mass is 32.2.